The van der Waals surface area contributed by atoms with E-state index < -0.39 is 9.76 Å². The van der Waals surface area contributed by atoms with Gasteiger partial charge in [0.1, 0.15) is 0 Å². The Hall–Kier alpha value is -0.443. The molecule has 0 amide bonds. The van der Waals surface area contributed by atoms with Crippen molar-refractivity contribution in [2.24, 2.45) is 4.99 Å². The average molecular weight is 187 g/mol. The summed E-state index contributed by atoms with van der Waals surface area (Å²) in [6.45, 7) is 4.86. The standard InChI is InChI=1S/C8H17NO2Si/c1-3-8(4-2)11-12-6-5-9-7-10/h8H,3-6,12H2,1-2H3. The maximum atomic E-state index is 9.70. The lowest BCUT2D eigenvalue weighted by Crippen LogP contribution is -2.13. The van der Waals surface area contributed by atoms with Crippen molar-refractivity contribution in [2.45, 2.75) is 38.8 Å². The van der Waals surface area contributed by atoms with Crippen LogP contribution in [0.1, 0.15) is 26.7 Å². The summed E-state index contributed by atoms with van der Waals surface area (Å²) in [7, 11) is -0.451. The lowest BCUT2D eigenvalue weighted by molar-refractivity contribution is 0.202. The molecular formula is C8H17NO2Si. The average Bonchev–Trinajstić information content (AvgIpc) is 2.11. The maximum absolute atomic E-state index is 9.70. The first-order valence-electron chi connectivity index (χ1n) is 4.50. The van der Waals surface area contributed by atoms with E-state index in [2.05, 4.69) is 18.8 Å². The van der Waals surface area contributed by atoms with Crippen LogP contribution in [0.3, 0.4) is 0 Å². The number of carbonyl (C=O) groups excluding carboxylic acids is 1. The van der Waals surface area contributed by atoms with Crippen LogP contribution in [0.2, 0.25) is 6.04 Å². The van der Waals surface area contributed by atoms with Crippen LogP contribution in [-0.2, 0) is 9.22 Å². The van der Waals surface area contributed by atoms with Crippen molar-refractivity contribution in [3.63, 3.8) is 0 Å². The lowest BCUT2D eigenvalue weighted by Gasteiger charge is -2.12. The summed E-state index contributed by atoms with van der Waals surface area (Å²) in [4.78, 5) is 13.2. The molecule has 0 aromatic rings. The summed E-state index contributed by atoms with van der Waals surface area (Å²) in [5, 5.41) is 0. The molecule has 4 heteroatoms. The summed E-state index contributed by atoms with van der Waals surface area (Å²) < 4.78 is 5.64. The van der Waals surface area contributed by atoms with Crippen molar-refractivity contribution >= 4 is 15.8 Å². The van der Waals surface area contributed by atoms with Gasteiger partial charge in [0, 0.05) is 6.10 Å². The van der Waals surface area contributed by atoms with Gasteiger partial charge in [-0.05, 0) is 18.9 Å². The molecule has 0 unspecified atom stereocenters. The summed E-state index contributed by atoms with van der Waals surface area (Å²) in [6, 6.07) is 0.950. The fourth-order valence-corrected chi connectivity index (χ4v) is 2.22. The second-order valence-electron chi connectivity index (χ2n) is 2.64. The maximum Gasteiger partial charge on any atom is 0.234 e. The van der Waals surface area contributed by atoms with Gasteiger partial charge in [-0.15, -0.1) is 0 Å². The highest BCUT2D eigenvalue weighted by Gasteiger charge is 2.01. The zero-order valence-corrected chi connectivity index (χ0v) is 9.29. The minimum absolute atomic E-state index is 0.428. The van der Waals surface area contributed by atoms with E-state index in [0.717, 1.165) is 18.9 Å². The van der Waals surface area contributed by atoms with E-state index in [4.69, 9.17) is 4.43 Å². The fraction of sp³-hybridized carbons (Fsp3) is 0.875. The number of isocyanates is 1. The van der Waals surface area contributed by atoms with E-state index in [-0.39, 0.29) is 0 Å². The van der Waals surface area contributed by atoms with Crippen LogP contribution in [0.4, 0.5) is 0 Å². The van der Waals surface area contributed by atoms with Crippen LogP contribution in [0, 0.1) is 0 Å². The molecule has 0 heterocycles. The second kappa shape index (κ2) is 8.65. The van der Waals surface area contributed by atoms with Crippen LogP contribution in [-0.4, -0.2) is 28.5 Å². The topological polar surface area (TPSA) is 38.7 Å². The summed E-state index contributed by atoms with van der Waals surface area (Å²) in [5.41, 5.74) is 0. The van der Waals surface area contributed by atoms with Crippen molar-refractivity contribution in [3.8, 4) is 0 Å². The molecule has 0 fully saturated rings. The third-order valence-corrected chi connectivity index (χ3v) is 3.06. The summed E-state index contributed by atoms with van der Waals surface area (Å²) >= 11 is 0. The third-order valence-electron chi connectivity index (χ3n) is 1.74. The largest absolute Gasteiger partial charge is 0.421 e. The van der Waals surface area contributed by atoms with Crippen molar-refractivity contribution in [1.29, 1.82) is 0 Å². The van der Waals surface area contributed by atoms with E-state index in [0.29, 0.717) is 12.6 Å². The Kier molecular flexibility index (Phi) is 8.33. The number of hydrogen-bond donors (Lipinski definition) is 0. The molecule has 0 atom stereocenters. The first-order valence-corrected chi connectivity index (χ1v) is 6.08. The Bertz CT molecular complexity index is 142. The molecular weight excluding hydrogens is 170 g/mol. The quantitative estimate of drug-likeness (QED) is 0.258. The van der Waals surface area contributed by atoms with Gasteiger partial charge in [0.15, 0.2) is 9.76 Å². The molecule has 0 spiro atoms. The zero-order valence-electron chi connectivity index (χ0n) is 7.88. The van der Waals surface area contributed by atoms with Gasteiger partial charge < -0.3 is 4.43 Å². The van der Waals surface area contributed by atoms with E-state index in [1.807, 2.05) is 0 Å². The smallest absolute Gasteiger partial charge is 0.234 e. The number of aliphatic imine (C=N–C) groups is 1. The van der Waals surface area contributed by atoms with Crippen molar-refractivity contribution in [2.75, 3.05) is 6.54 Å². The van der Waals surface area contributed by atoms with Crippen LogP contribution in [0.15, 0.2) is 4.99 Å². The first-order chi connectivity index (χ1) is 5.85. The van der Waals surface area contributed by atoms with Gasteiger partial charge in [0.25, 0.3) is 0 Å². The van der Waals surface area contributed by atoms with E-state index >= 15 is 0 Å². The number of nitrogens with zero attached hydrogens (tertiary/aromatic N) is 1. The molecule has 0 N–H and O–H groups in total. The molecule has 0 aliphatic carbocycles. The van der Waals surface area contributed by atoms with Crippen molar-refractivity contribution in [1.82, 2.24) is 0 Å². The molecule has 0 rings (SSSR count). The van der Waals surface area contributed by atoms with E-state index in [1.54, 1.807) is 0 Å². The Morgan fingerprint density at radius 1 is 1.50 bits per heavy atom. The third kappa shape index (κ3) is 6.28. The zero-order chi connectivity index (χ0) is 9.23. The highest BCUT2D eigenvalue weighted by Crippen LogP contribution is 2.01. The number of hydrogen-bond acceptors (Lipinski definition) is 3. The Morgan fingerprint density at radius 2 is 2.17 bits per heavy atom. The van der Waals surface area contributed by atoms with Gasteiger partial charge in [0.2, 0.25) is 6.08 Å². The van der Waals surface area contributed by atoms with Gasteiger partial charge >= 0.3 is 0 Å². The van der Waals surface area contributed by atoms with Gasteiger partial charge in [-0.2, -0.15) is 0 Å². The molecule has 0 saturated carbocycles. The van der Waals surface area contributed by atoms with Gasteiger partial charge in [0.05, 0.1) is 6.54 Å². The fourth-order valence-electron chi connectivity index (χ4n) is 0.964. The molecule has 0 bridgehead atoms. The summed E-state index contributed by atoms with van der Waals surface area (Å²) in [5.74, 6) is 0. The van der Waals surface area contributed by atoms with Crippen LogP contribution < -0.4 is 0 Å². The molecule has 0 aliphatic rings. The monoisotopic (exact) mass is 187 g/mol. The normalized spacial score (nSPS) is 10.9. The van der Waals surface area contributed by atoms with Crippen molar-refractivity contribution < 1.29 is 9.22 Å². The van der Waals surface area contributed by atoms with Crippen molar-refractivity contribution in [3.05, 3.63) is 0 Å². The number of rotatable bonds is 7. The molecule has 0 radical (unpaired) electrons. The van der Waals surface area contributed by atoms with Crippen LogP contribution in [0.5, 0.6) is 0 Å². The van der Waals surface area contributed by atoms with E-state index in [9.17, 15) is 4.79 Å². The van der Waals surface area contributed by atoms with Gasteiger partial charge in [-0.1, -0.05) is 13.8 Å². The SMILES string of the molecule is CCC(CC)O[SiH2]CCN=C=O. The highest BCUT2D eigenvalue weighted by molar-refractivity contribution is 6.27. The molecule has 0 saturated heterocycles. The van der Waals surface area contributed by atoms with Crippen LogP contribution in [0.25, 0.3) is 0 Å². The minimum atomic E-state index is -0.451. The van der Waals surface area contributed by atoms with Gasteiger partial charge in [-0.25, -0.2) is 9.79 Å². The molecule has 12 heavy (non-hydrogen) atoms. The molecule has 70 valence electrons. The Morgan fingerprint density at radius 3 is 2.67 bits per heavy atom. The lowest BCUT2D eigenvalue weighted by atomic mass is 10.2. The predicted octanol–water partition coefficient (Wildman–Crippen LogP) is 1.03. The summed E-state index contributed by atoms with van der Waals surface area (Å²) in [6.07, 6.45) is 4.12. The predicted molar refractivity (Wildman–Crippen MR) is 51.8 cm³/mol. The van der Waals surface area contributed by atoms with Gasteiger partial charge in [-0.3, -0.25) is 0 Å². The second-order valence-corrected chi connectivity index (χ2v) is 4.08. The van der Waals surface area contributed by atoms with Crippen LogP contribution >= 0.6 is 0 Å². The molecule has 0 aliphatic heterocycles. The minimum Gasteiger partial charge on any atom is -0.421 e. The van der Waals surface area contributed by atoms with E-state index in [1.165, 1.54) is 6.08 Å². The highest BCUT2D eigenvalue weighted by atomic mass is 28.2. The molecule has 3 nitrogen and oxygen atoms in total. The Balaban J connectivity index is 3.22. The first kappa shape index (κ1) is 11.6. The Labute approximate surface area is 76.2 Å². The molecule has 0 aromatic heterocycles. The molecule has 0 aromatic carbocycles.